The fraction of sp³-hybridized carbons (Fsp3) is 0.254. The molecule has 0 unspecified atom stereocenters. The van der Waals surface area contributed by atoms with Gasteiger partial charge in [0.2, 0.25) is 0 Å². The van der Waals surface area contributed by atoms with Gasteiger partial charge in [0.05, 0.1) is 78.2 Å². The van der Waals surface area contributed by atoms with Crippen molar-refractivity contribution in [3.8, 4) is 22.3 Å². The molecule has 0 aliphatic carbocycles. The van der Waals surface area contributed by atoms with Gasteiger partial charge in [0.15, 0.2) is 0 Å². The molecule has 0 fully saturated rings. The number of nitrogens with one attached hydrogen (secondary N) is 3. The maximum atomic E-state index is 14.0. The Morgan fingerprint density at radius 1 is 0.582 bits per heavy atom. The molecule has 0 saturated carbocycles. The fourth-order valence-corrected chi connectivity index (χ4v) is 11.8. The van der Waals surface area contributed by atoms with E-state index in [-0.39, 0.29) is 95.3 Å². The predicted octanol–water partition coefficient (Wildman–Crippen LogP) is 11.8. The largest absolute Gasteiger partial charge is 1.00 e. The van der Waals surface area contributed by atoms with Crippen LogP contribution < -0.4 is 55.3 Å². The van der Waals surface area contributed by atoms with Crippen molar-refractivity contribution < 1.29 is 95.8 Å². The second-order valence-electron chi connectivity index (χ2n) is 20.4. The van der Waals surface area contributed by atoms with Crippen LogP contribution in [0, 0.1) is 11.6 Å². The molecule has 6 aromatic rings. The van der Waals surface area contributed by atoms with E-state index in [1.54, 1.807) is 12.1 Å². The molecule has 10 rings (SSSR count). The average Bonchev–Trinajstić information content (AvgIpc) is 0.779. The number of esters is 2. The van der Waals surface area contributed by atoms with Crippen LogP contribution in [-0.4, -0.2) is 106 Å². The maximum Gasteiger partial charge on any atom is 1.00 e. The van der Waals surface area contributed by atoms with Crippen LogP contribution in [0.2, 0.25) is 30.1 Å². The molecule has 4 N–H and O–H groups in total. The minimum absolute atomic E-state index is 0. The molecule has 0 bridgehead atoms. The van der Waals surface area contributed by atoms with Crippen LogP contribution in [0.1, 0.15) is 90.4 Å². The first-order chi connectivity index (χ1) is 42.7. The van der Waals surface area contributed by atoms with Crippen molar-refractivity contribution >= 4 is 153 Å². The number of urea groups is 2. The van der Waals surface area contributed by atoms with Crippen LogP contribution in [0.25, 0.3) is 33.4 Å². The number of aliphatic carboxylic acids is 1. The number of rotatable bonds is 11. The number of amides is 4. The van der Waals surface area contributed by atoms with Crippen LogP contribution in [0.5, 0.6) is 0 Å². The van der Waals surface area contributed by atoms with Gasteiger partial charge in [-0.1, -0.05) is 81.8 Å². The first-order valence-corrected chi connectivity index (χ1v) is 29.7. The minimum Gasteiger partial charge on any atom is -0.702 e. The van der Waals surface area contributed by atoms with Gasteiger partial charge < -0.3 is 39.8 Å². The molecule has 28 heteroatoms. The Kier molecular flexibility index (Phi) is 26.8. The third-order valence-corrected chi connectivity index (χ3v) is 15.9. The standard InChI is InChI=1S/C30H27Cl3FN3O3.C27H21Cl3FN3O3.C4H6BO4.C2H4O2.Na/c1-16(2)36-8-6-17(7-9-36)18-10-22(21-5-4-20(34)14-24(21)31)23-15-35-30(39)37(27(23)13-18)28-25(32)11-19(12-26(28)33)29(38)40-3;1-37-26(35)16-9-22(29)25(23(30)10-16)34-24-11-15(14-4-6-32-7-5-14)8-19(20(24)13-33-27(34)36)18-3-2-17(31)12-21(18)28;1-3(6)8-5-9-4(2)7;1-2(3)4;/h4-6,10-14,16H,7-9,15H2,1-3H3,(H,35,39);2-4,8-12,32H,5-7,13H2,1H3,(H,33,36);1-2H3;1H3,(H,3,4);/q;;-1;;+1. The van der Waals surface area contributed by atoms with Crippen LogP contribution >= 0.6 is 69.6 Å². The third-order valence-electron chi connectivity index (χ3n) is 14.1. The zero-order valence-electron chi connectivity index (χ0n) is 50.4. The number of hydrogen-bond acceptors (Lipinski definition) is 13. The number of carboxylic acids is 1. The number of nitrogens with zero attached hydrogens (tertiary/aromatic N) is 3. The van der Waals surface area contributed by atoms with Crippen molar-refractivity contribution in [1.29, 1.82) is 0 Å². The van der Waals surface area contributed by atoms with Gasteiger partial charge in [0.1, 0.15) is 19.3 Å². The maximum absolute atomic E-state index is 14.0. The molecule has 6 aromatic carbocycles. The van der Waals surface area contributed by atoms with Crippen molar-refractivity contribution in [2.75, 3.05) is 50.2 Å². The van der Waals surface area contributed by atoms with Gasteiger partial charge in [0, 0.05) is 81.8 Å². The number of halogens is 8. The summed E-state index contributed by atoms with van der Waals surface area (Å²) in [6.07, 6.45) is 5.89. The fourth-order valence-electron chi connectivity index (χ4n) is 9.99. The van der Waals surface area contributed by atoms with E-state index in [4.69, 9.17) is 89.0 Å². The minimum atomic E-state index is -0.833. The summed E-state index contributed by atoms with van der Waals surface area (Å²) in [6, 6.07) is 21.6. The second-order valence-corrected chi connectivity index (χ2v) is 22.9. The molecule has 0 aromatic heterocycles. The summed E-state index contributed by atoms with van der Waals surface area (Å²) in [5, 5.41) is 17.4. The summed E-state index contributed by atoms with van der Waals surface area (Å²) in [5.41, 5.74) is 10.2. The molecule has 472 valence electrons. The molecule has 4 aliphatic rings. The topological polar surface area (TPSA) is 222 Å². The summed E-state index contributed by atoms with van der Waals surface area (Å²) in [5.74, 6) is -3.96. The van der Waals surface area contributed by atoms with Gasteiger partial charge in [-0.05, 0) is 152 Å². The van der Waals surface area contributed by atoms with E-state index in [2.05, 4.69) is 56.2 Å². The number of fused-ring (bicyclic) bond motifs is 2. The molecule has 4 amide bonds. The molecule has 91 heavy (non-hydrogen) atoms. The summed E-state index contributed by atoms with van der Waals surface area (Å²) in [6.45, 7) is 11.5. The van der Waals surface area contributed by atoms with Crippen molar-refractivity contribution in [2.24, 2.45) is 0 Å². The molecule has 0 atom stereocenters. The van der Waals surface area contributed by atoms with E-state index in [1.807, 2.05) is 24.3 Å². The first-order valence-electron chi connectivity index (χ1n) is 27.5. The molecular weight excluding hydrogens is 1320 g/mol. The molecule has 0 spiro atoms. The van der Waals surface area contributed by atoms with E-state index in [9.17, 15) is 37.5 Å². The van der Waals surface area contributed by atoms with E-state index in [0.717, 1.165) is 90.5 Å². The molecular formula is C63H58BCl6F2N6NaO12. The normalized spacial score (nSPS) is 14.1. The zero-order chi connectivity index (χ0) is 65.8. The number of hydrogen-bond donors (Lipinski definition) is 4. The second kappa shape index (κ2) is 33.2. The number of carbonyl (C=O) groups is 7. The Bertz CT molecular complexity index is 3840. The summed E-state index contributed by atoms with van der Waals surface area (Å²) in [4.78, 5) is 85.0. The Morgan fingerprint density at radius 3 is 1.32 bits per heavy atom. The molecule has 2 radical (unpaired) electrons. The Labute approximate surface area is 576 Å². The summed E-state index contributed by atoms with van der Waals surface area (Å²) in [7, 11) is 3.21. The van der Waals surface area contributed by atoms with Crippen molar-refractivity contribution in [3.63, 3.8) is 0 Å². The summed E-state index contributed by atoms with van der Waals surface area (Å²) >= 11 is 39.5. The van der Waals surface area contributed by atoms with Crippen LogP contribution in [0.3, 0.4) is 0 Å². The van der Waals surface area contributed by atoms with Gasteiger partial charge in [-0.2, -0.15) is 0 Å². The average molecular weight is 1380 g/mol. The zero-order valence-corrected chi connectivity index (χ0v) is 56.9. The third kappa shape index (κ3) is 18.3. The molecule has 4 aliphatic heterocycles. The molecule has 4 heterocycles. The van der Waals surface area contributed by atoms with Gasteiger partial charge in [-0.25, -0.2) is 28.0 Å². The number of carboxylic acid groups (broad SMARTS) is 1. The van der Waals surface area contributed by atoms with Crippen molar-refractivity contribution in [1.82, 2.24) is 20.9 Å². The molecule has 0 saturated heterocycles. The van der Waals surface area contributed by atoms with E-state index >= 15 is 0 Å². The van der Waals surface area contributed by atoms with Crippen molar-refractivity contribution in [3.05, 3.63) is 172 Å². The van der Waals surface area contributed by atoms with Crippen LogP contribution in [0.4, 0.5) is 41.1 Å². The quantitative estimate of drug-likeness (QED) is 0.0700. The number of anilines is 4. The van der Waals surface area contributed by atoms with Gasteiger partial charge in [0.25, 0.3) is 17.9 Å². The Morgan fingerprint density at radius 2 is 0.989 bits per heavy atom. The Hall–Kier alpha value is -6.73. The monoisotopic (exact) mass is 1370 g/mol. The Balaban J connectivity index is 0.000000241. The van der Waals surface area contributed by atoms with Gasteiger partial charge in [-0.15, -0.1) is 0 Å². The number of carbonyl (C=O) groups excluding carboxylic acids is 6. The van der Waals surface area contributed by atoms with Crippen LogP contribution in [0.15, 0.2) is 97.1 Å². The number of methoxy groups -OCH3 is 2. The number of benzene rings is 6. The first kappa shape index (κ1) is 73.3. The van der Waals surface area contributed by atoms with E-state index in [1.165, 1.54) is 86.4 Å². The smallest absolute Gasteiger partial charge is 0.702 e. The summed E-state index contributed by atoms with van der Waals surface area (Å²) < 4.78 is 45.7. The van der Waals surface area contributed by atoms with Gasteiger partial charge in [-0.3, -0.25) is 29.1 Å². The SMILES string of the molecule is CC(=O)O.CC(=O)O[B-]OC(C)=O.COC(=O)c1cc(Cl)c(N2C(=O)NCc3c(-c4ccc(F)cc4Cl)cc(C4=CCN(C(C)C)CC4)cc32)c(Cl)c1.COC(=O)c1cc(Cl)c(N2C(=O)NCc3c(-c4ccc(F)cc4Cl)cc(C4=CCNCC4)cc32)c(Cl)c1.[Na+]. The molecule has 18 nitrogen and oxygen atoms in total. The van der Waals surface area contributed by atoms with E-state index < -0.39 is 53.5 Å². The predicted molar refractivity (Wildman–Crippen MR) is 345 cm³/mol. The van der Waals surface area contributed by atoms with Crippen LogP contribution in [-0.2, 0) is 46.3 Å². The van der Waals surface area contributed by atoms with Crippen molar-refractivity contribution in [2.45, 2.75) is 66.6 Å². The van der Waals surface area contributed by atoms with E-state index in [0.29, 0.717) is 36.2 Å². The van der Waals surface area contributed by atoms with Gasteiger partial charge >= 0.3 is 53.6 Å². The number of ether oxygens (including phenoxy) is 2.